The van der Waals surface area contributed by atoms with Gasteiger partial charge in [0.05, 0.1) is 12.1 Å². The standard InChI is InChI=1S/C13H22N2O2/c1-9(10-7-14-8-10)13(17)15-11-5-3-2-4-6-12(11)16/h11-12,14,16H,2-8H2,1H3,(H,15,17). The monoisotopic (exact) mass is 238 g/mol. The summed E-state index contributed by atoms with van der Waals surface area (Å²) < 4.78 is 0. The second-order valence-corrected chi connectivity index (χ2v) is 5.12. The van der Waals surface area contributed by atoms with Crippen molar-refractivity contribution in [3.05, 3.63) is 11.1 Å². The molecule has 0 aromatic heterocycles. The number of carbonyl (C=O) groups is 1. The molecule has 2 fully saturated rings. The van der Waals surface area contributed by atoms with Crippen molar-refractivity contribution in [1.82, 2.24) is 10.6 Å². The summed E-state index contributed by atoms with van der Waals surface area (Å²) in [6.45, 7) is 3.52. The van der Waals surface area contributed by atoms with Crippen LogP contribution in [0.3, 0.4) is 0 Å². The SMILES string of the molecule is CC(C(=O)NC1CCCCCC1O)=C1CNC1. The predicted octanol–water partition coefficient (Wildman–Crippen LogP) is 0.716. The smallest absolute Gasteiger partial charge is 0.247 e. The maximum absolute atomic E-state index is 12.0. The molecule has 0 aromatic carbocycles. The quantitative estimate of drug-likeness (QED) is 0.490. The average molecular weight is 238 g/mol. The summed E-state index contributed by atoms with van der Waals surface area (Å²) in [5.41, 5.74) is 2.01. The van der Waals surface area contributed by atoms with Crippen LogP contribution in [0.15, 0.2) is 11.1 Å². The molecule has 2 unspecified atom stereocenters. The van der Waals surface area contributed by atoms with Gasteiger partial charge in [-0.3, -0.25) is 4.79 Å². The Morgan fingerprint density at radius 1 is 1.29 bits per heavy atom. The molecule has 0 aromatic rings. The predicted molar refractivity (Wildman–Crippen MR) is 66.6 cm³/mol. The van der Waals surface area contributed by atoms with Gasteiger partial charge in [0.15, 0.2) is 0 Å². The lowest BCUT2D eigenvalue weighted by Crippen LogP contribution is -2.44. The molecule has 96 valence electrons. The third-order valence-corrected chi connectivity index (χ3v) is 3.84. The van der Waals surface area contributed by atoms with Crippen molar-refractivity contribution in [3.63, 3.8) is 0 Å². The fourth-order valence-electron chi connectivity index (χ4n) is 2.41. The lowest BCUT2D eigenvalue weighted by molar-refractivity contribution is -0.119. The highest BCUT2D eigenvalue weighted by Crippen LogP contribution is 2.19. The molecule has 0 bridgehead atoms. The first-order valence-corrected chi connectivity index (χ1v) is 6.57. The van der Waals surface area contributed by atoms with E-state index in [-0.39, 0.29) is 18.1 Å². The Morgan fingerprint density at radius 3 is 2.65 bits per heavy atom. The Morgan fingerprint density at radius 2 is 2.00 bits per heavy atom. The molecule has 1 aliphatic heterocycles. The number of aliphatic hydroxyl groups excluding tert-OH is 1. The van der Waals surface area contributed by atoms with Crippen LogP contribution in [-0.4, -0.2) is 36.2 Å². The Labute approximate surface area is 102 Å². The van der Waals surface area contributed by atoms with Crippen LogP contribution in [-0.2, 0) is 4.79 Å². The van der Waals surface area contributed by atoms with Gasteiger partial charge in [0.2, 0.25) is 5.91 Å². The molecular weight excluding hydrogens is 216 g/mol. The summed E-state index contributed by atoms with van der Waals surface area (Å²) in [7, 11) is 0. The molecule has 3 N–H and O–H groups in total. The van der Waals surface area contributed by atoms with Gasteiger partial charge in [-0.1, -0.05) is 19.3 Å². The average Bonchev–Trinajstić information content (AvgIpc) is 2.42. The Balaban J connectivity index is 1.92. The highest BCUT2D eigenvalue weighted by atomic mass is 16.3. The fraction of sp³-hybridized carbons (Fsp3) is 0.769. The summed E-state index contributed by atoms with van der Waals surface area (Å²) in [5, 5.41) is 16.1. The number of carbonyl (C=O) groups excluding carboxylic acids is 1. The molecule has 0 radical (unpaired) electrons. The molecule has 4 nitrogen and oxygen atoms in total. The Bertz CT molecular complexity index is 319. The first kappa shape index (κ1) is 12.6. The van der Waals surface area contributed by atoms with Crippen LogP contribution >= 0.6 is 0 Å². The minimum absolute atomic E-state index is 0.00699. The maximum Gasteiger partial charge on any atom is 0.247 e. The van der Waals surface area contributed by atoms with E-state index in [1.807, 2.05) is 6.92 Å². The van der Waals surface area contributed by atoms with Gasteiger partial charge >= 0.3 is 0 Å². The highest BCUT2D eigenvalue weighted by molar-refractivity contribution is 5.94. The molecule has 1 saturated carbocycles. The molecule has 1 heterocycles. The number of hydrogen-bond acceptors (Lipinski definition) is 3. The summed E-state index contributed by atoms with van der Waals surface area (Å²) in [6.07, 6.45) is 4.65. The third kappa shape index (κ3) is 3.07. The van der Waals surface area contributed by atoms with Crippen molar-refractivity contribution in [2.75, 3.05) is 13.1 Å². The van der Waals surface area contributed by atoms with Gasteiger partial charge in [-0.05, 0) is 25.3 Å². The number of amides is 1. The first-order valence-electron chi connectivity index (χ1n) is 6.57. The topological polar surface area (TPSA) is 61.4 Å². The number of rotatable bonds is 2. The lowest BCUT2D eigenvalue weighted by Gasteiger charge is -2.25. The summed E-state index contributed by atoms with van der Waals surface area (Å²) in [6, 6.07) is -0.0615. The molecule has 2 atom stereocenters. The largest absolute Gasteiger partial charge is 0.391 e. The van der Waals surface area contributed by atoms with E-state index in [4.69, 9.17) is 0 Å². The van der Waals surface area contributed by atoms with Gasteiger partial charge < -0.3 is 15.7 Å². The normalized spacial score (nSPS) is 29.2. The third-order valence-electron chi connectivity index (χ3n) is 3.84. The van der Waals surface area contributed by atoms with Crippen LogP contribution in [0.1, 0.15) is 39.0 Å². The zero-order chi connectivity index (χ0) is 12.3. The second kappa shape index (κ2) is 5.65. The lowest BCUT2D eigenvalue weighted by atomic mass is 10.0. The van der Waals surface area contributed by atoms with Crippen molar-refractivity contribution < 1.29 is 9.90 Å². The fourth-order valence-corrected chi connectivity index (χ4v) is 2.41. The van der Waals surface area contributed by atoms with Crippen molar-refractivity contribution >= 4 is 5.91 Å². The van der Waals surface area contributed by atoms with E-state index in [0.29, 0.717) is 0 Å². The van der Waals surface area contributed by atoms with Gasteiger partial charge in [-0.15, -0.1) is 0 Å². The van der Waals surface area contributed by atoms with Crippen LogP contribution in [0.5, 0.6) is 0 Å². The van der Waals surface area contributed by atoms with E-state index in [0.717, 1.165) is 50.8 Å². The summed E-state index contributed by atoms with van der Waals surface area (Å²) >= 11 is 0. The van der Waals surface area contributed by atoms with Crippen LogP contribution < -0.4 is 10.6 Å². The Kier molecular flexibility index (Phi) is 4.18. The zero-order valence-electron chi connectivity index (χ0n) is 10.5. The van der Waals surface area contributed by atoms with Crippen LogP contribution in [0.2, 0.25) is 0 Å². The van der Waals surface area contributed by atoms with Gasteiger partial charge in [0.25, 0.3) is 0 Å². The molecule has 0 spiro atoms. The summed E-state index contributed by atoms with van der Waals surface area (Å²) in [5.74, 6) is -0.00699. The van der Waals surface area contributed by atoms with Crippen LogP contribution in [0.4, 0.5) is 0 Å². The van der Waals surface area contributed by atoms with Crippen molar-refractivity contribution in [1.29, 1.82) is 0 Å². The molecule has 4 heteroatoms. The van der Waals surface area contributed by atoms with Gasteiger partial charge in [0.1, 0.15) is 0 Å². The van der Waals surface area contributed by atoms with Gasteiger partial charge in [-0.2, -0.15) is 0 Å². The van der Waals surface area contributed by atoms with Crippen LogP contribution in [0, 0.1) is 0 Å². The molecule has 1 amide bonds. The van der Waals surface area contributed by atoms with E-state index in [1.54, 1.807) is 0 Å². The van der Waals surface area contributed by atoms with Gasteiger partial charge in [0, 0.05) is 18.7 Å². The van der Waals surface area contributed by atoms with E-state index in [9.17, 15) is 9.90 Å². The molecule has 2 aliphatic rings. The molecule has 1 saturated heterocycles. The number of aliphatic hydroxyl groups is 1. The number of hydrogen-bond donors (Lipinski definition) is 3. The minimum atomic E-state index is -0.376. The Hall–Kier alpha value is -0.870. The van der Waals surface area contributed by atoms with E-state index in [2.05, 4.69) is 10.6 Å². The highest BCUT2D eigenvalue weighted by Gasteiger charge is 2.24. The van der Waals surface area contributed by atoms with E-state index >= 15 is 0 Å². The second-order valence-electron chi connectivity index (χ2n) is 5.12. The zero-order valence-corrected chi connectivity index (χ0v) is 10.5. The number of nitrogens with one attached hydrogen (secondary N) is 2. The molecular formula is C13H22N2O2. The summed E-state index contributed by atoms with van der Waals surface area (Å²) in [4.78, 5) is 12.0. The molecule has 2 rings (SSSR count). The van der Waals surface area contributed by atoms with Crippen molar-refractivity contribution in [3.8, 4) is 0 Å². The molecule has 17 heavy (non-hydrogen) atoms. The molecule has 1 aliphatic carbocycles. The van der Waals surface area contributed by atoms with Crippen molar-refractivity contribution in [2.24, 2.45) is 0 Å². The van der Waals surface area contributed by atoms with Crippen molar-refractivity contribution in [2.45, 2.75) is 51.2 Å². The van der Waals surface area contributed by atoms with Crippen LogP contribution in [0.25, 0.3) is 0 Å². The van der Waals surface area contributed by atoms with Gasteiger partial charge in [-0.25, -0.2) is 0 Å². The maximum atomic E-state index is 12.0. The first-order chi connectivity index (χ1) is 8.18. The minimum Gasteiger partial charge on any atom is -0.391 e. The van der Waals surface area contributed by atoms with E-state index < -0.39 is 0 Å². The van der Waals surface area contributed by atoms with E-state index in [1.165, 1.54) is 5.57 Å².